The second kappa shape index (κ2) is 8.81. The van der Waals surface area contributed by atoms with Gasteiger partial charge in [-0.3, -0.25) is 0 Å². The van der Waals surface area contributed by atoms with Gasteiger partial charge in [-0.05, 0) is 47.5 Å². The molecule has 1 fully saturated rings. The molecule has 0 aliphatic heterocycles. The molecule has 2 N–H and O–H groups in total. The second-order valence-electron chi connectivity index (χ2n) is 5.97. The Balaban J connectivity index is 0.000000331. The average molecular weight is 289 g/mol. The summed E-state index contributed by atoms with van der Waals surface area (Å²) in [5, 5.41) is 6.43. The fourth-order valence-electron chi connectivity index (χ4n) is 2.06. The van der Waals surface area contributed by atoms with E-state index in [4.69, 9.17) is 24.4 Å². The van der Waals surface area contributed by atoms with Gasteiger partial charge in [0.05, 0.1) is 9.98 Å². The second-order valence-corrected chi connectivity index (χ2v) is 7.19. The Hall–Kier alpha value is -0.220. The summed E-state index contributed by atoms with van der Waals surface area (Å²) in [6, 6.07) is 0.686. The molecule has 106 valence electrons. The molecule has 1 rings (SSSR count). The first kappa shape index (κ1) is 17.8. The molecular formula is C14H28N2S2. The molecule has 1 aliphatic rings. The summed E-state index contributed by atoms with van der Waals surface area (Å²) in [5.74, 6) is 0. The molecule has 0 aromatic carbocycles. The van der Waals surface area contributed by atoms with Gasteiger partial charge in [-0.15, -0.1) is 0 Å². The fourth-order valence-corrected chi connectivity index (χ4v) is 2.54. The summed E-state index contributed by atoms with van der Waals surface area (Å²) in [6.07, 6.45) is 6.79. The molecule has 0 atom stereocenters. The molecule has 0 unspecified atom stereocenters. The Morgan fingerprint density at radius 1 is 0.944 bits per heavy atom. The predicted octanol–water partition coefficient (Wildman–Crippen LogP) is 3.98. The van der Waals surface area contributed by atoms with Crippen molar-refractivity contribution in [1.82, 2.24) is 10.6 Å². The van der Waals surface area contributed by atoms with Crippen molar-refractivity contribution in [2.24, 2.45) is 0 Å². The van der Waals surface area contributed by atoms with Gasteiger partial charge >= 0.3 is 0 Å². The van der Waals surface area contributed by atoms with Crippen LogP contribution in [0.4, 0.5) is 0 Å². The van der Waals surface area contributed by atoms with Crippen molar-refractivity contribution >= 4 is 34.4 Å². The standard InChI is InChI=1S/C8H15NS.C6H13NS/c1-7(10)9-8-5-3-2-4-6-8;1-5(8)7-6(2,3)4/h8H,2-6H2,1H3,(H,9,10);1-4H3,(H,7,8). The highest BCUT2D eigenvalue weighted by Gasteiger charge is 2.11. The van der Waals surface area contributed by atoms with Crippen molar-refractivity contribution in [3.8, 4) is 0 Å². The smallest absolute Gasteiger partial charge is 0.0725 e. The molecule has 0 radical (unpaired) electrons. The highest BCUT2D eigenvalue weighted by molar-refractivity contribution is 7.80. The fraction of sp³-hybridized carbons (Fsp3) is 0.857. The van der Waals surface area contributed by atoms with E-state index in [1.165, 1.54) is 32.1 Å². The molecular weight excluding hydrogens is 260 g/mol. The van der Waals surface area contributed by atoms with E-state index in [-0.39, 0.29) is 5.54 Å². The Kier molecular flexibility index (Phi) is 8.70. The lowest BCUT2D eigenvalue weighted by Gasteiger charge is -2.22. The van der Waals surface area contributed by atoms with Crippen molar-refractivity contribution in [2.75, 3.05) is 0 Å². The maximum absolute atomic E-state index is 4.97. The van der Waals surface area contributed by atoms with Crippen LogP contribution in [0.2, 0.25) is 0 Å². The van der Waals surface area contributed by atoms with E-state index in [0.29, 0.717) is 6.04 Å². The van der Waals surface area contributed by atoms with Crippen LogP contribution >= 0.6 is 24.4 Å². The van der Waals surface area contributed by atoms with Crippen LogP contribution in [0.15, 0.2) is 0 Å². The molecule has 0 spiro atoms. The summed E-state index contributed by atoms with van der Waals surface area (Å²) in [6.45, 7) is 10.1. The van der Waals surface area contributed by atoms with Crippen molar-refractivity contribution in [2.45, 2.75) is 78.3 Å². The van der Waals surface area contributed by atoms with Crippen LogP contribution in [0.1, 0.15) is 66.7 Å². The highest BCUT2D eigenvalue weighted by Crippen LogP contribution is 2.17. The summed E-state index contributed by atoms with van der Waals surface area (Å²) in [5.41, 5.74) is 0.131. The molecule has 0 heterocycles. The van der Waals surface area contributed by atoms with E-state index in [1.54, 1.807) is 0 Å². The van der Waals surface area contributed by atoms with Gasteiger partial charge in [0, 0.05) is 11.6 Å². The molecule has 1 saturated carbocycles. The normalized spacial score (nSPS) is 16.3. The summed E-state index contributed by atoms with van der Waals surface area (Å²) >= 11 is 9.80. The molecule has 0 aromatic heterocycles. The first-order valence-corrected chi connectivity index (χ1v) is 7.58. The zero-order valence-electron chi connectivity index (χ0n) is 12.4. The molecule has 18 heavy (non-hydrogen) atoms. The van der Waals surface area contributed by atoms with Crippen LogP contribution in [0.3, 0.4) is 0 Å². The molecule has 1 aliphatic carbocycles. The van der Waals surface area contributed by atoms with E-state index in [2.05, 4.69) is 31.4 Å². The molecule has 2 nitrogen and oxygen atoms in total. The van der Waals surface area contributed by atoms with Gasteiger partial charge in [-0.1, -0.05) is 43.7 Å². The minimum atomic E-state index is 0.131. The van der Waals surface area contributed by atoms with E-state index in [1.807, 2.05) is 13.8 Å². The largest absolute Gasteiger partial charge is 0.377 e. The van der Waals surface area contributed by atoms with E-state index >= 15 is 0 Å². The maximum Gasteiger partial charge on any atom is 0.0725 e. The van der Waals surface area contributed by atoms with Crippen molar-refractivity contribution in [1.29, 1.82) is 0 Å². The molecule has 0 saturated heterocycles. The van der Waals surface area contributed by atoms with Crippen LogP contribution < -0.4 is 10.6 Å². The van der Waals surface area contributed by atoms with Crippen LogP contribution in [0.25, 0.3) is 0 Å². The third kappa shape index (κ3) is 12.2. The monoisotopic (exact) mass is 288 g/mol. The van der Waals surface area contributed by atoms with Gasteiger partial charge in [0.2, 0.25) is 0 Å². The lowest BCUT2D eigenvalue weighted by atomic mass is 9.96. The molecule has 0 aromatic rings. The van der Waals surface area contributed by atoms with E-state index in [9.17, 15) is 0 Å². The van der Waals surface area contributed by atoms with Crippen LogP contribution in [0.5, 0.6) is 0 Å². The van der Waals surface area contributed by atoms with Gasteiger partial charge in [0.15, 0.2) is 0 Å². The Morgan fingerprint density at radius 3 is 1.72 bits per heavy atom. The Bertz CT molecular complexity index is 263. The molecule has 0 bridgehead atoms. The number of thiocarbonyl (C=S) groups is 2. The quantitative estimate of drug-likeness (QED) is 0.713. The first-order valence-electron chi connectivity index (χ1n) is 6.76. The zero-order valence-corrected chi connectivity index (χ0v) is 14.1. The third-order valence-corrected chi connectivity index (χ3v) is 2.78. The number of hydrogen-bond donors (Lipinski definition) is 2. The molecule has 0 amide bonds. The minimum absolute atomic E-state index is 0.131. The van der Waals surface area contributed by atoms with E-state index in [0.717, 1.165) is 9.98 Å². The van der Waals surface area contributed by atoms with Crippen LogP contribution in [-0.4, -0.2) is 21.6 Å². The van der Waals surface area contributed by atoms with Crippen molar-refractivity contribution in [3.63, 3.8) is 0 Å². The topological polar surface area (TPSA) is 24.1 Å². The van der Waals surface area contributed by atoms with Crippen LogP contribution in [0, 0.1) is 0 Å². The highest BCUT2D eigenvalue weighted by atomic mass is 32.1. The summed E-state index contributed by atoms with van der Waals surface area (Å²) in [4.78, 5) is 1.81. The maximum atomic E-state index is 4.97. The zero-order chi connectivity index (χ0) is 14.2. The Morgan fingerprint density at radius 2 is 1.44 bits per heavy atom. The average Bonchev–Trinajstić information content (AvgIpc) is 2.14. The lowest BCUT2D eigenvalue weighted by Crippen LogP contribution is -2.38. The van der Waals surface area contributed by atoms with Gasteiger partial charge in [0.25, 0.3) is 0 Å². The van der Waals surface area contributed by atoms with E-state index < -0.39 is 0 Å². The summed E-state index contributed by atoms with van der Waals surface area (Å²) in [7, 11) is 0. The van der Waals surface area contributed by atoms with Crippen molar-refractivity contribution < 1.29 is 0 Å². The van der Waals surface area contributed by atoms with Gasteiger partial charge in [-0.25, -0.2) is 0 Å². The SMILES string of the molecule is CC(=S)NC(C)(C)C.CC(=S)NC1CCCCC1. The third-order valence-electron chi connectivity index (χ3n) is 2.56. The van der Waals surface area contributed by atoms with Crippen molar-refractivity contribution in [3.05, 3.63) is 0 Å². The van der Waals surface area contributed by atoms with Gasteiger partial charge in [0.1, 0.15) is 0 Å². The first-order chi connectivity index (χ1) is 8.20. The Labute approximate surface area is 123 Å². The van der Waals surface area contributed by atoms with Gasteiger partial charge < -0.3 is 10.6 Å². The lowest BCUT2D eigenvalue weighted by molar-refractivity contribution is 0.414. The summed E-state index contributed by atoms with van der Waals surface area (Å²) < 4.78 is 0. The molecule has 4 heteroatoms. The number of rotatable bonds is 1. The number of nitrogens with one attached hydrogen (secondary N) is 2. The van der Waals surface area contributed by atoms with Crippen LogP contribution in [-0.2, 0) is 0 Å². The predicted molar refractivity (Wildman–Crippen MR) is 89.4 cm³/mol. The number of hydrogen-bond acceptors (Lipinski definition) is 2. The minimum Gasteiger partial charge on any atom is -0.377 e. The van der Waals surface area contributed by atoms with Gasteiger partial charge in [-0.2, -0.15) is 0 Å².